The molecule has 0 aliphatic heterocycles. The SMILES string of the molecule is Nc1[nH]nc(NC2C3CC4CC(C3)CC2C4)c1Cl. The van der Waals surface area contributed by atoms with E-state index in [1.807, 2.05) is 0 Å². The molecular weight excluding hydrogens is 248 g/mol. The Morgan fingerprint density at radius 1 is 1.11 bits per heavy atom. The molecule has 0 aromatic carbocycles. The molecular formula is C13H19ClN4. The van der Waals surface area contributed by atoms with Gasteiger partial charge in [0.05, 0.1) is 0 Å². The minimum absolute atomic E-state index is 0.461. The van der Waals surface area contributed by atoms with E-state index >= 15 is 0 Å². The Morgan fingerprint density at radius 3 is 2.22 bits per heavy atom. The molecule has 4 saturated carbocycles. The van der Waals surface area contributed by atoms with Gasteiger partial charge in [0.25, 0.3) is 0 Å². The van der Waals surface area contributed by atoms with Crippen molar-refractivity contribution in [1.82, 2.24) is 10.2 Å². The lowest BCUT2D eigenvalue weighted by molar-refractivity contribution is 0.00742. The van der Waals surface area contributed by atoms with Gasteiger partial charge in [0, 0.05) is 6.04 Å². The highest BCUT2D eigenvalue weighted by Crippen LogP contribution is 2.54. The highest BCUT2D eigenvalue weighted by atomic mass is 35.5. The lowest BCUT2D eigenvalue weighted by Gasteiger charge is -2.54. The molecule has 4 bridgehead atoms. The zero-order valence-electron chi connectivity index (χ0n) is 10.3. The average Bonchev–Trinajstić information content (AvgIpc) is 2.64. The Balaban J connectivity index is 1.57. The van der Waals surface area contributed by atoms with E-state index in [9.17, 15) is 0 Å². The van der Waals surface area contributed by atoms with Crippen LogP contribution in [0.1, 0.15) is 32.1 Å². The molecule has 4 fully saturated rings. The third kappa shape index (κ3) is 1.54. The molecule has 0 spiro atoms. The van der Waals surface area contributed by atoms with Crippen LogP contribution in [0.5, 0.6) is 0 Å². The first-order valence-electron chi connectivity index (χ1n) is 6.96. The normalized spacial score (nSPS) is 41.3. The molecule has 1 heterocycles. The number of anilines is 2. The fourth-order valence-electron chi connectivity index (χ4n) is 4.76. The van der Waals surface area contributed by atoms with Gasteiger partial charge in [-0.2, -0.15) is 5.10 Å². The summed E-state index contributed by atoms with van der Waals surface area (Å²) in [5.41, 5.74) is 5.70. The second-order valence-electron chi connectivity index (χ2n) is 6.40. The van der Waals surface area contributed by atoms with E-state index in [4.69, 9.17) is 17.3 Å². The third-order valence-corrected chi connectivity index (χ3v) is 5.65. The Morgan fingerprint density at radius 2 is 1.72 bits per heavy atom. The van der Waals surface area contributed by atoms with Crippen LogP contribution in [0.4, 0.5) is 11.6 Å². The van der Waals surface area contributed by atoms with E-state index in [-0.39, 0.29) is 0 Å². The summed E-state index contributed by atoms with van der Waals surface area (Å²) in [7, 11) is 0. The summed E-state index contributed by atoms with van der Waals surface area (Å²) < 4.78 is 0. The minimum atomic E-state index is 0.461. The summed E-state index contributed by atoms with van der Waals surface area (Å²) in [6, 6.07) is 0.554. The highest BCUT2D eigenvalue weighted by Gasteiger charge is 2.48. The zero-order chi connectivity index (χ0) is 12.3. The van der Waals surface area contributed by atoms with Gasteiger partial charge in [0.1, 0.15) is 10.8 Å². The number of nitrogens with zero attached hydrogens (tertiary/aromatic N) is 1. The summed E-state index contributed by atoms with van der Waals surface area (Å²) in [5, 5.41) is 11.0. The van der Waals surface area contributed by atoms with Gasteiger partial charge < -0.3 is 11.1 Å². The van der Waals surface area contributed by atoms with Gasteiger partial charge in [0.15, 0.2) is 5.82 Å². The van der Waals surface area contributed by atoms with Crippen LogP contribution in [0.3, 0.4) is 0 Å². The molecule has 5 rings (SSSR count). The van der Waals surface area contributed by atoms with E-state index < -0.39 is 0 Å². The van der Waals surface area contributed by atoms with Crippen LogP contribution in [-0.4, -0.2) is 16.2 Å². The Labute approximate surface area is 112 Å². The van der Waals surface area contributed by atoms with Gasteiger partial charge in [-0.1, -0.05) is 11.6 Å². The summed E-state index contributed by atoms with van der Waals surface area (Å²) in [6.45, 7) is 0. The van der Waals surface area contributed by atoms with E-state index in [0.29, 0.717) is 16.9 Å². The predicted molar refractivity (Wildman–Crippen MR) is 72.5 cm³/mol. The number of nitrogen functional groups attached to an aromatic ring is 1. The summed E-state index contributed by atoms with van der Waals surface area (Å²) in [4.78, 5) is 0. The highest BCUT2D eigenvalue weighted by molar-refractivity contribution is 6.35. The van der Waals surface area contributed by atoms with E-state index in [0.717, 1.165) is 29.5 Å². The van der Waals surface area contributed by atoms with Crippen LogP contribution in [-0.2, 0) is 0 Å². The van der Waals surface area contributed by atoms with Crippen molar-refractivity contribution in [3.05, 3.63) is 5.02 Å². The van der Waals surface area contributed by atoms with Crippen molar-refractivity contribution in [2.75, 3.05) is 11.1 Å². The predicted octanol–water partition coefficient (Wildman–Crippen LogP) is 2.88. The molecule has 18 heavy (non-hydrogen) atoms. The standard InChI is InChI=1S/C13H19ClN4/c14-10-12(15)17-18-13(10)16-11-8-2-6-1-7(4-8)5-9(11)3-6/h6-9,11H,1-5H2,(H4,15,16,17,18). The quantitative estimate of drug-likeness (QED) is 0.771. The lowest BCUT2D eigenvalue weighted by Crippen LogP contribution is -2.51. The van der Waals surface area contributed by atoms with Crippen molar-refractivity contribution < 1.29 is 0 Å². The lowest BCUT2D eigenvalue weighted by atomic mass is 9.54. The Kier molecular flexibility index (Phi) is 2.31. The zero-order valence-corrected chi connectivity index (χ0v) is 11.1. The number of nitrogens with one attached hydrogen (secondary N) is 2. The first kappa shape index (κ1) is 11.0. The molecule has 4 N–H and O–H groups in total. The topological polar surface area (TPSA) is 66.7 Å². The molecule has 1 aromatic heterocycles. The monoisotopic (exact) mass is 266 g/mol. The van der Waals surface area contributed by atoms with Gasteiger partial charge in [-0.15, -0.1) is 0 Å². The Bertz CT molecular complexity index is 442. The maximum Gasteiger partial charge on any atom is 0.169 e. The smallest absolute Gasteiger partial charge is 0.169 e. The number of rotatable bonds is 2. The molecule has 0 unspecified atom stereocenters. The largest absolute Gasteiger partial charge is 0.383 e. The molecule has 0 saturated heterocycles. The maximum atomic E-state index is 6.14. The van der Waals surface area contributed by atoms with Crippen LogP contribution in [0.25, 0.3) is 0 Å². The van der Waals surface area contributed by atoms with Gasteiger partial charge in [-0.3, -0.25) is 5.10 Å². The summed E-state index contributed by atoms with van der Waals surface area (Å²) in [5.74, 6) is 4.82. The van der Waals surface area contributed by atoms with Crippen LogP contribution in [0, 0.1) is 23.7 Å². The number of aromatic amines is 1. The number of nitrogens with two attached hydrogens (primary N) is 1. The maximum absolute atomic E-state index is 6.14. The van der Waals surface area contributed by atoms with Gasteiger partial charge >= 0.3 is 0 Å². The fourth-order valence-corrected chi connectivity index (χ4v) is 4.90. The summed E-state index contributed by atoms with van der Waals surface area (Å²) in [6.07, 6.45) is 7.05. The number of halogens is 1. The van der Waals surface area contributed by atoms with Crippen molar-refractivity contribution in [1.29, 1.82) is 0 Å². The van der Waals surface area contributed by atoms with E-state index in [1.54, 1.807) is 0 Å². The summed E-state index contributed by atoms with van der Waals surface area (Å²) >= 11 is 6.14. The van der Waals surface area contributed by atoms with Crippen LogP contribution in [0.15, 0.2) is 0 Å². The third-order valence-electron chi connectivity index (χ3n) is 5.26. The van der Waals surface area contributed by atoms with E-state index in [2.05, 4.69) is 15.5 Å². The first-order chi connectivity index (χ1) is 8.70. The molecule has 98 valence electrons. The van der Waals surface area contributed by atoms with Crippen LogP contribution in [0.2, 0.25) is 5.02 Å². The number of aromatic nitrogens is 2. The van der Waals surface area contributed by atoms with Crippen molar-refractivity contribution >= 4 is 23.2 Å². The minimum Gasteiger partial charge on any atom is -0.383 e. The molecule has 0 amide bonds. The van der Waals surface area contributed by atoms with Crippen molar-refractivity contribution in [2.45, 2.75) is 38.1 Å². The second-order valence-corrected chi connectivity index (χ2v) is 6.78. The van der Waals surface area contributed by atoms with Crippen LogP contribution < -0.4 is 11.1 Å². The first-order valence-corrected chi connectivity index (χ1v) is 7.34. The number of hydrogen-bond acceptors (Lipinski definition) is 3. The molecule has 1 aromatic rings. The van der Waals surface area contributed by atoms with Crippen molar-refractivity contribution in [3.8, 4) is 0 Å². The van der Waals surface area contributed by atoms with Gasteiger partial charge in [-0.25, -0.2) is 0 Å². The molecule has 5 heteroatoms. The molecule has 0 atom stereocenters. The van der Waals surface area contributed by atoms with Crippen molar-refractivity contribution in [2.24, 2.45) is 23.7 Å². The number of hydrogen-bond donors (Lipinski definition) is 3. The van der Waals surface area contributed by atoms with Crippen molar-refractivity contribution in [3.63, 3.8) is 0 Å². The Hall–Kier alpha value is -0.900. The average molecular weight is 267 g/mol. The fraction of sp³-hybridized carbons (Fsp3) is 0.769. The molecule has 4 aliphatic rings. The molecule has 0 radical (unpaired) electrons. The van der Waals surface area contributed by atoms with Gasteiger partial charge in [0.2, 0.25) is 0 Å². The molecule has 4 aliphatic carbocycles. The van der Waals surface area contributed by atoms with E-state index in [1.165, 1.54) is 32.1 Å². The molecule has 4 nitrogen and oxygen atoms in total. The number of H-pyrrole nitrogens is 1. The van der Waals surface area contributed by atoms with Gasteiger partial charge in [-0.05, 0) is 55.8 Å². The second kappa shape index (κ2) is 3.80. The van der Waals surface area contributed by atoms with Crippen LogP contribution >= 0.6 is 11.6 Å².